The number of nitrogens with two attached hydrogens (primary N) is 1. The molecule has 0 spiro atoms. The number of ether oxygens (including phenoxy) is 1. The lowest BCUT2D eigenvalue weighted by Crippen LogP contribution is -1.98. The van der Waals surface area contributed by atoms with Gasteiger partial charge in [-0.3, -0.25) is 4.68 Å². The second-order valence-electron chi connectivity index (χ2n) is 3.57. The molecule has 0 saturated carbocycles. The second-order valence-corrected chi connectivity index (χ2v) is 3.98. The number of benzene rings is 1. The van der Waals surface area contributed by atoms with E-state index in [0.717, 1.165) is 0 Å². The highest BCUT2D eigenvalue weighted by molar-refractivity contribution is 6.32. The van der Waals surface area contributed by atoms with E-state index in [4.69, 9.17) is 22.1 Å². The Balaban J connectivity index is 2.66. The van der Waals surface area contributed by atoms with E-state index in [1.165, 1.54) is 17.9 Å². The highest BCUT2D eigenvalue weighted by Crippen LogP contribution is 2.40. The van der Waals surface area contributed by atoms with Crippen molar-refractivity contribution in [1.82, 2.24) is 9.78 Å². The molecule has 0 amide bonds. The van der Waals surface area contributed by atoms with Gasteiger partial charge in [0.25, 0.3) is 0 Å². The van der Waals surface area contributed by atoms with E-state index in [1.807, 2.05) is 0 Å². The molecule has 0 aliphatic rings. The van der Waals surface area contributed by atoms with Gasteiger partial charge in [-0.2, -0.15) is 5.10 Å². The summed E-state index contributed by atoms with van der Waals surface area (Å²) in [4.78, 5) is 0. The molecule has 0 saturated heterocycles. The van der Waals surface area contributed by atoms with Gasteiger partial charge in [-0.15, -0.1) is 0 Å². The first-order valence-corrected chi connectivity index (χ1v) is 5.26. The molecule has 2 rings (SSSR count). The van der Waals surface area contributed by atoms with Crippen LogP contribution in [0.15, 0.2) is 18.3 Å². The van der Waals surface area contributed by atoms with Crippen molar-refractivity contribution in [2.45, 2.75) is 0 Å². The number of aromatic nitrogens is 2. The third-order valence-corrected chi connectivity index (χ3v) is 2.84. The van der Waals surface area contributed by atoms with Crippen LogP contribution >= 0.6 is 11.6 Å². The van der Waals surface area contributed by atoms with Gasteiger partial charge in [-0.1, -0.05) is 11.6 Å². The standard InChI is InChI=1S/C11H12ClN3O2/c1-15-11(13)8(5-14-15)7-3-6(17-2)4-9(12)10(7)16/h3-5,16H,13H2,1-2H3. The molecule has 6 heteroatoms. The number of nitrogen functional groups attached to an aromatic ring is 1. The van der Waals surface area contributed by atoms with E-state index in [0.29, 0.717) is 22.7 Å². The smallest absolute Gasteiger partial charge is 0.142 e. The first kappa shape index (κ1) is 11.6. The number of rotatable bonds is 2. The fourth-order valence-corrected chi connectivity index (χ4v) is 1.76. The summed E-state index contributed by atoms with van der Waals surface area (Å²) in [5.74, 6) is 0.961. The number of hydrogen-bond donors (Lipinski definition) is 2. The van der Waals surface area contributed by atoms with E-state index in [2.05, 4.69) is 5.10 Å². The van der Waals surface area contributed by atoms with Crippen LogP contribution in [0.25, 0.3) is 11.1 Å². The van der Waals surface area contributed by atoms with Crippen molar-refractivity contribution in [3.63, 3.8) is 0 Å². The molecular weight excluding hydrogens is 242 g/mol. The topological polar surface area (TPSA) is 73.3 Å². The average molecular weight is 254 g/mol. The van der Waals surface area contributed by atoms with Gasteiger partial charge >= 0.3 is 0 Å². The van der Waals surface area contributed by atoms with Crippen LogP contribution in [0.4, 0.5) is 5.82 Å². The van der Waals surface area contributed by atoms with Crippen LogP contribution in [0.1, 0.15) is 0 Å². The summed E-state index contributed by atoms with van der Waals surface area (Å²) in [5, 5.41) is 14.2. The van der Waals surface area contributed by atoms with Gasteiger partial charge < -0.3 is 15.6 Å². The monoisotopic (exact) mass is 253 g/mol. The SMILES string of the molecule is COc1cc(Cl)c(O)c(-c2cnn(C)c2N)c1. The van der Waals surface area contributed by atoms with Crippen molar-refractivity contribution < 1.29 is 9.84 Å². The minimum absolute atomic E-state index is 0.0350. The summed E-state index contributed by atoms with van der Waals surface area (Å²) in [6.07, 6.45) is 1.57. The zero-order chi connectivity index (χ0) is 12.6. The van der Waals surface area contributed by atoms with Crippen molar-refractivity contribution in [3.05, 3.63) is 23.4 Å². The number of phenolic OH excluding ortho intramolecular Hbond substituents is 1. The molecule has 17 heavy (non-hydrogen) atoms. The Labute approximate surface area is 103 Å². The highest BCUT2D eigenvalue weighted by Gasteiger charge is 2.15. The van der Waals surface area contributed by atoms with E-state index in [1.54, 1.807) is 19.3 Å². The normalized spacial score (nSPS) is 10.5. The third kappa shape index (κ3) is 1.89. The second kappa shape index (κ2) is 4.18. The Morgan fingerprint density at radius 1 is 1.41 bits per heavy atom. The van der Waals surface area contributed by atoms with Gasteiger partial charge in [0.2, 0.25) is 0 Å². The van der Waals surface area contributed by atoms with Crippen LogP contribution in [0.5, 0.6) is 11.5 Å². The molecule has 3 N–H and O–H groups in total. The Bertz CT molecular complexity index is 566. The lowest BCUT2D eigenvalue weighted by Gasteiger charge is -2.08. The van der Waals surface area contributed by atoms with Gasteiger partial charge in [0.1, 0.15) is 17.3 Å². The Morgan fingerprint density at radius 3 is 2.65 bits per heavy atom. The molecule has 0 atom stereocenters. The molecule has 0 aliphatic heterocycles. The van der Waals surface area contributed by atoms with Gasteiger partial charge in [-0.05, 0) is 6.07 Å². The summed E-state index contributed by atoms with van der Waals surface area (Å²) in [6.45, 7) is 0. The molecule has 5 nitrogen and oxygen atoms in total. The van der Waals surface area contributed by atoms with Crippen LogP contribution < -0.4 is 10.5 Å². The highest BCUT2D eigenvalue weighted by atomic mass is 35.5. The molecule has 90 valence electrons. The average Bonchev–Trinajstić information content (AvgIpc) is 2.64. The number of phenols is 1. The van der Waals surface area contributed by atoms with Crippen LogP contribution in [-0.4, -0.2) is 22.0 Å². The maximum Gasteiger partial charge on any atom is 0.142 e. The molecule has 0 radical (unpaired) electrons. The summed E-state index contributed by atoms with van der Waals surface area (Å²) in [5.41, 5.74) is 6.97. The number of aryl methyl sites for hydroxylation is 1. The fourth-order valence-electron chi connectivity index (χ4n) is 1.55. The number of hydrogen-bond acceptors (Lipinski definition) is 4. The maximum absolute atomic E-state index is 9.92. The maximum atomic E-state index is 9.92. The molecule has 1 heterocycles. The molecule has 1 aromatic carbocycles. The molecule has 2 aromatic rings. The molecule has 0 unspecified atom stereocenters. The summed E-state index contributed by atoms with van der Waals surface area (Å²) < 4.78 is 6.61. The van der Waals surface area contributed by atoms with Crippen LogP contribution in [0, 0.1) is 0 Å². The first-order valence-electron chi connectivity index (χ1n) is 4.89. The largest absolute Gasteiger partial charge is 0.506 e. The van der Waals surface area contributed by atoms with Crippen LogP contribution in [0.2, 0.25) is 5.02 Å². The predicted octanol–water partition coefficient (Wildman–Crippen LogP) is 2.04. The van der Waals surface area contributed by atoms with Crippen molar-refractivity contribution in [1.29, 1.82) is 0 Å². The van der Waals surface area contributed by atoms with E-state index < -0.39 is 0 Å². The number of aromatic hydroxyl groups is 1. The van der Waals surface area contributed by atoms with Crippen molar-refractivity contribution >= 4 is 17.4 Å². The number of halogens is 1. The van der Waals surface area contributed by atoms with Gasteiger partial charge in [0.05, 0.1) is 18.3 Å². The first-order chi connectivity index (χ1) is 8.04. The molecule has 0 fully saturated rings. The third-order valence-electron chi connectivity index (χ3n) is 2.55. The summed E-state index contributed by atoms with van der Waals surface area (Å²) in [6, 6.07) is 3.20. The van der Waals surface area contributed by atoms with Gasteiger partial charge in [-0.25, -0.2) is 0 Å². The Morgan fingerprint density at radius 2 is 2.12 bits per heavy atom. The lowest BCUT2D eigenvalue weighted by molar-refractivity contribution is 0.413. The Kier molecular flexibility index (Phi) is 2.85. The van der Waals surface area contributed by atoms with Crippen molar-refractivity contribution in [2.75, 3.05) is 12.8 Å². The minimum atomic E-state index is -0.0350. The van der Waals surface area contributed by atoms with E-state index in [-0.39, 0.29) is 10.8 Å². The van der Waals surface area contributed by atoms with Crippen LogP contribution in [0.3, 0.4) is 0 Å². The summed E-state index contributed by atoms with van der Waals surface area (Å²) in [7, 11) is 3.25. The summed E-state index contributed by atoms with van der Waals surface area (Å²) >= 11 is 5.91. The quantitative estimate of drug-likeness (QED) is 0.859. The van der Waals surface area contributed by atoms with E-state index in [9.17, 15) is 5.11 Å². The van der Waals surface area contributed by atoms with Crippen LogP contribution in [-0.2, 0) is 7.05 Å². The number of nitrogens with zero attached hydrogens (tertiary/aromatic N) is 2. The zero-order valence-electron chi connectivity index (χ0n) is 9.44. The Hall–Kier alpha value is -1.88. The number of methoxy groups -OCH3 is 1. The number of anilines is 1. The fraction of sp³-hybridized carbons (Fsp3) is 0.182. The minimum Gasteiger partial charge on any atom is -0.506 e. The van der Waals surface area contributed by atoms with Crippen molar-refractivity contribution in [2.24, 2.45) is 7.05 Å². The van der Waals surface area contributed by atoms with E-state index >= 15 is 0 Å². The molecule has 0 aliphatic carbocycles. The predicted molar refractivity (Wildman–Crippen MR) is 66.3 cm³/mol. The molecule has 1 aromatic heterocycles. The molecule has 0 bridgehead atoms. The van der Waals surface area contributed by atoms with Gasteiger partial charge in [0, 0.05) is 24.2 Å². The van der Waals surface area contributed by atoms with Crippen molar-refractivity contribution in [3.8, 4) is 22.6 Å². The zero-order valence-corrected chi connectivity index (χ0v) is 10.2. The molecular formula is C11H12ClN3O2. The van der Waals surface area contributed by atoms with Gasteiger partial charge in [0.15, 0.2) is 0 Å². The lowest BCUT2D eigenvalue weighted by atomic mass is 10.1.